The lowest BCUT2D eigenvalue weighted by molar-refractivity contribution is 0.102. The van der Waals surface area contributed by atoms with Crippen LogP contribution >= 0.6 is 15.9 Å². The van der Waals surface area contributed by atoms with Gasteiger partial charge in [0.2, 0.25) is 0 Å². The van der Waals surface area contributed by atoms with Crippen molar-refractivity contribution in [1.29, 1.82) is 0 Å². The maximum atomic E-state index is 12.4. The lowest BCUT2D eigenvalue weighted by atomic mass is 10.2. The highest BCUT2D eigenvalue weighted by atomic mass is 79.9. The maximum Gasteiger partial charge on any atom is 0.272 e. The topological polar surface area (TPSA) is 57.8 Å². The summed E-state index contributed by atoms with van der Waals surface area (Å²) in [5, 5.41) is 4.95. The highest BCUT2D eigenvalue weighted by Crippen LogP contribution is 2.22. The Labute approximate surface area is 140 Å². The lowest BCUT2D eigenvalue weighted by Crippen LogP contribution is -2.12. The number of anilines is 1. The Kier molecular flexibility index (Phi) is 3.35. The van der Waals surface area contributed by atoms with Gasteiger partial charge in [0.05, 0.1) is 5.52 Å². The summed E-state index contributed by atoms with van der Waals surface area (Å²) >= 11 is 3.43. The zero-order chi connectivity index (χ0) is 15.8. The van der Waals surface area contributed by atoms with Gasteiger partial charge in [-0.25, -0.2) is 0 Å². The summed E-state index contributed by atoms with van der Waals surface area (Å²) in [5.74, 6) is -0.174. The largest absolute Gasteiger partial charge is 0.350 e. The molecule has 2 N–H and O–H groups in total. The fraction of sp³-hybridized carbons (Fsp3) is 0. The van der Waals surface area contributed by atoms with Gasteiger partial charge >= 0.3 is 0 Å². The van der Waals surface area contributed by atoms with Crippen molar-refractivity contribution >= 4 is 49.3 Å². The Bertz CT molecular complexity index is 1040. The SMILES string of the molecule is O=C(Nc1ccc2cccnc2c1)c1cc2ccc(Br)cc2[nH]1. The van der Waals surface area contributed by atoms with Gasteiger partial charge in [-0.2, -0.15) is 0 Å². The van der Waals surface area contributed by atoms with Gasteiger partial charge in [0, 0.05) is 32.6 Å². The zero-order valence-corrected chi connectivity index (χ0v) is 13.6. The number of halogens is 1. The summed E-state index contributed by atoms with van der Waals surface area (Å²) in [5.41, 5.74) is 3.02. The minimum atomic E-state index is -0.174. The standard InChI is InChI=1S/C18H12BrN3O/c19-13-5-3-12-8-17(22-16(12)9-13)18(23)21-14-6-4-11-2-1-7-20-15(11)10-14/h1-10,22H,(H,21,23). The Balaban J connectivity index is 1.64. The number of nitrogens with zero attached hydrogens (tertiary/aromatic N) is 1. The van der Waals surface area contributed by atoms with E-state index in [1.165, 1.54) is 0 Å². The first-order valence-electron chi connectivity index (χ1n) is 7.13. The summed E-state index contributed by atoms with van der Waals surface area (Å²) in [6.07, 6.45) is 1.74. The molecule has 4 aromatic rings. The molecule has 0 radical (unpaired) electrons. The summed E-state index contributed by atoms with van der Waals surface area (Å²) in [7, 11) is 0. The molecular formula is C18H12BrN3O. The van der Waals surface area contributed by atoms with Crippen LogP contribution in [0.3, 0.4) is 0 Å². The number of hydrogen-bond donors (Lipinski definition) is 2. The fourth-order valence-electron chi connectivity index (χ4n) is 2.56. The van der Waals surface area contributed by atoms with Crippen LogP contribution in [0.2, 0.25) is 0 Å². The van der Waals surface area contributed by atoms with E-state index in [4.69, 9.17) is 0 Å². The molecule has 0 fully saturated rings. The number of nitrogens with one attached hydrogen (secondary N) is 2. The van der Waals surface area contributed by atoms with Crippen LogP contribution in [0.1, 0.15) is 10.5 Å². The molecule has 4 nitrogen and oxygen atoms in total. The number of amides is 1. The van der Waals surface area contributed by atoms with Crippen molar-refractivity contribution < 1.29 is 4.79 Å². The molecule has 0 saturated carbocycles. The summed E-state index contributed by atoms with van der Waals surface area (Å²) in [4.78, 5) is 19.9. The zero-order valence-electron chi connectivity index (χ0n) is 12.0. The van der Waals surface area contributed by atoms with Crippen molar-refractivity contribution in [3.05, 3.63) is 71.0 Å². The van der Waals surface area contributed by atoms with Crippen molar-refractivity contribution in [1.82, 2.24) is 9.97 Å². The molecule has 0 aliphatic carbocycles. The fourth-order valence-corrected chi connectivity index (χ4v) is 2.93. The lowest BCUT2D eigenvalue weighted by Gasteiger charge is -2.05. The molecule has 0 bridgehead atoms. The van der Waals surface area contributed by atoms with Gasteiger partial charge in [0.1, 0.15) is 5.69 Å². The van der Waals surface area contributed by atoms with E-state index in [-0.39, 0.29) is 5.91 Å². The molecule has 0 saturated heterocycles. The number of carbonyl (C=O) groups excluding carboxylic acids is 1. The van der Waals surface area contributed by atoms with Crippen molar-refractivity contribution in [2.75, 3.05) is 5.32 Å². The number of H-pyrrole nitrogens is 1. The Morgan fingerprint density at radius 1 is 1.04 bits per heavy atom. The van der Waals surface area contributed by atoms with Crippen LogP contribution in [0, 0.1) is 0 Å². The van der Waals surface area contributed by atoms with Crippen LogP contribution in [-0.2, 0) is 0 Å². The van der Waals surface area contributed by atoms with E-state index in [1.54, 1.807) is 6.20 Å². The minimum Gasteiger partial charge on any atom is -0.350 e. The van der Waals surface area contributed by atoms with Crippen LogP contribution in [0.25, 0.3) is 21.8 Å². The van der Waals surface area contributed by atoms with Crippen molar-refractivity contribution in [3.63, 3.8) is 0 Å². The third kappa shape index (κ3) is 2.71. The monoisotopic (exact) mass is 365 g/mol. The number of carbonyl (C=O) groups is 1. The first-order chi connectivity index (χ1) is 11.2. The number of hydrogen-bond acceptors (Lipinski definition) is 2. The molecule has 2 heterocycles. The van der Waals surface area contributed by atoms with E-state index >= 15 is 0 Å². The molecule has 5 heteroatoms. The molecule has 0 unspecified atom stereocenters. The van der Waals surface area contributed by atoms with E-state index in [0.29, 0.717) is 5.69 Å². The number of fused-ring (bicyclic) bond motifs is 2. The van der Waals surface area contributed by atoms with Gasteiger partial charge in [0.15, 0.2) is 0 Å². The van der Waals surface area contributed by atoms with Crippen LogP contribution in [-0.4, -0.2) is 15.9 Å². The van der Waals surface area contributed by atoms with Gasteiger partial charge in [-0.15, -0.1) is 0 Å². The predicted octanol–water partition coefficient (Wildman–Crippen LogP) is 4.73. The van der Waals surface area contributed by atoms with E-state index in [2.05, 4.69) is 31.2 Å². The number of aromatic nitrogens is 2. The second-order valence-electron chi connectivity index (χ2n) is 5.28. The molecule has 4 rings (SSSR count). The average Bonchev–Trinajstić information content (AvgIpc) is 2.98. The average molecular weight is 366 g/mol. The van der Waals surface area contributed by atoms with E-state index < -0.39 is 0 Å². The molecule has 0 aliphatic rings. The van der Waals surface area contributed by atoms with Gasteiger partial charge in [-0.05, 0) is 36.4 Å². The molecule has 2 aromatic carbocycles. The maximum absolute atomic E-state index is 12.4. The van der Waals surface area contributed by atoms with Crippen molar-refractivity contribution in [2.45, 2.75) is 0 Å². The molecule has 0 spiro atoms. The summed E-state index contributed by atoms with van der Waals surface area (Å²) in [6.45, 7) is 0. The van der Waals surface area contributed by atoms with E-state index in [1.807, 2.05) is 54.6 Å². The first kappa shape index (κ1) is 14.0. The van der Waals surface area contributed by atoms with Crippen LogP contribution in [0.15, 0.2) is 65.3 Å². The Morgan fingerprint density at radius 3 is 2.83 bits per heavy atom. The normalized spacial score (nSPS) is 11.0. The highest BCUT2D eigenvalue weighted by Gasteiger charge is 2.10. The summed E-state index contributed by atoms with van der Waals surface area (Å²) < 4.78 is 0.972. The molecular weight excluding hydrogens is 354 g/mol. The summed E-state index contributed by atoms with van der Waals surface area (Å²) in [6, 6.07) is 17.3. The number of pyridine rings is 1. The van der Waals surface area contributed by atoms with Crippen LogP contribution < -0.4 is 5.32 Å². The molecule has 112 valence electrons. The van der Waals surface area contributed by atoms with Gasteiger partial charge < -0.3 is 10.3 Å². The van der Waals surface area contributed by atoms with Gasteiger partial charge in [-0.1, -0.05) is 34.1 Å². The number of aromatic amines is 1. The quantitative estimate of drug-likeness (QED) is 0.539. The molecule has 1 amide bonds. The molecule has 2 aromatic heterocycles. The van der Waals surface area contributed by atoms with Gasteiger partial charge in [0.25, 0.3) is 5.91 Å². The van der Waals surface area contributed by atoms with E-state index in [0.717, 1.165) is 32.0 Å². The second kappa shape index (κ2) is 5.52. The Hall–Kier alpha value is -2.66. The number of rotatable bonds is 2. The molecule has 0 aliphatic heterocycles. The number of benzene rings is 2. The van der Waals surface area contributed by atoms with Crippen LogP contribution in [0.4, 0.5) is 5.69 Å². The third-order valence-electron chi connectivity index (χ3n) is 3.69. The van der Waals surface area contributed by atoms with Crippen molar-refractivity contribution in [2.24, 2.45) is 0 Å². The highest BCUT2D eigenvalue weighted by molar-refractivity contribution is 9.10. The Morgan fingerprint density at radius 2 is 1.91 bits per heavy atom. The molecule has 0 atom stereocenters. The van der Waals surface area contributed by atoms with Crippen molar-refractivity contribution in [3.8, 4) is 0 Å². The van der Waals surface area contributed by atoms with E-state index in [9.17, 15) is 4.79 Å². The van der Waals surface area contributed by atoms with Gasteiger partial charge in [-0.3, -0.25) is 9.78 Å². The minimum absolute atomic E-state index is 0.174. The smallest absolute Gasteiger partial charge is 0.272 e. The molecule has 23 heavy (non-hydrogen) atoms. The second-order valence-corrected chi connectivity index (χ2v) is 6.20. The third-order valence-corrected chi connectivity index (χ3v) is 4.19. The van der Waals surface area contributed by atoms with Crippen LogP contribution in [0.5, 0.6) is 0 Å². The predicted molar refractivity (Wildman–Crippen MR) is 95.7 cm³/mol. The first-order valence-corrected chi connectivity index (χ1v) is 7.93.